The third kappa shape index (κ3) is 4.37. The lowest BCUT2D eigenvalue weighted by atomic mass is 9.48. The topological polar surface area (TPSA) is 135 Å². The summed E-state index contributed by atoms with van der Waals surface area (Å²) in [5.74, 6) is -3.47. The van der Waals surface area contributed by atoms with E-state index in [9.17, 15) is 24.3 Å². The van der Waals surface area contributed by atoms with Crippen LogP contribution in [0, 0.1) is 17.3 Å². The van der Waals surface area contributed by atoms with Gasteiger partial charge in [0.05, 0.1) is 17.3 Å². The number of fused-ring (bicyclic) bond motifs is 1. The first-order chi connectivity index (χ1) is 17.8. The summed E-state index contributed by atoms with van der Waals surface area (Å²) in [6.45, 7) is 8.81. The molecule has 8 atom stereocenters. The molecule has 1 saturated heterocycles. The van der Waals surface area contributed by atoms with Gasteiger partial charge in [-0.25, -0.2) is 4.79 Å². The average Bonchev–Trinajstić information content (AvgIpc) is 2.97. The summed E-state index contributed by atoms with van der Waals surface area (Å²) in [5.41, 5.74) is -3.63. The molecule has 2 saturated carbocycles. The zero-order chi connectivity index (χ0) is 28.0. The smallest absolute Gasteiger partial charge is 0.338 e. The van der Waals surface area contributed by atoms with Crippen molar-refractivity contribution in [2.24, 2.45) is 17.3 Å². The number of rotatable bonds is 6. The molecule has 1 aliphatic heterocycles. The summed E-state index contributed by atoms with van der Waals surface area (Å²) in [6.07, 6.45) is -4.01. The highest BCUT2D eigenvalue weighted by Crippen LogP contribution is 2.67. The molecule has 208 valence electrons. The van der Waals surface area contributed by atoms with Gasteiger partial charge in [0.15, 0.2) is 6.10 Å². The van der Waals surface area contributed by atoms with Crippen molar-refractivity contribution in [3.63, 3.8) is 0 Å². The lowest BCUT2D eigenvalue weighted by molar-refractivity contribution is -0.318. The molecule has 4 rings (SSSR count). The second-order valence-corrected chi connectivity index (χ2v) is 11.2. The average molecular weight is 533 g/mol. The summed E-state index contributed by atoms with van der Waals surface area (Å²) in [4.78, 5) is 50.1. The molecule has 2 aliphatic carbocycles. The third-order valence-corrected chi connectivity index (χ3v) is 8.46. The van der Waals surface area contributed by atoms with Gasteiger partial charge in [-0.3, -0.25) is 14.4 Å². The van der Waals surface area contributed by atoms with Crippen LogP contribution in [0.1, 0.15) is 64.7 Å². The van der Waals surface area contributed by atoms with Gasteiger partial charge in [-0.05, 0) is 44.7 Å². The molecule has 1 aromatic carbocycles. The van der Waals surface area contributed by atoms with E-state index in [2.05, 4.69) is 0 Å². The summed E-state index contributed by atoms with van der Waals surface area (Å²) >= 11 is 0. The molecule has 1 N–H and O–H groups in total. The molecular weight excluding hydrogens is 496 g/mol. The van der Waals surface area contributed by atoms with Crippen LogP contribution in [0.3, 0.4) is 0 Å². The number of benzene rings is 1. The molecule has 0 aromatic heterocycles. The Morgan fingerprint density at radius 3 is 2.16 bits per heavy atom. The highest BCUT2D eigenvalue weighted by Gasteiger charge is 2.81. The molecule has 10 nitrogen and oxygen atoms in total. The fourth-order valence-electron chi connectivity index (χ4n) is 7.08. The first-order valence-electron chi connectivity index (χ1n) is 12.9. The summed E-state index contributed by atoms with van der Waals surface area (Å²) in [5, 5.41) is 11.9. The lowest BCUT2D eigenvalue weighted by Gasteiger charge is -2.63. The predicted octanol–water partition coefficient (Wildman–Crippen LogP) is 2.59. The van der Waals surface area contributed by atoms with Crippen molar-refractivity contribution in [3.8, 4) is 0 Å². The summed E-state index contributed by atoms with van der Waals surface area (Å²) in [6, 6.07) is 8.39. The second-order valence-electron chi connectivity index (χ2n) is 11.2. The maximum Gasteiger partial charge on any atom is 0.338 e. The second kappa shape index (κ2) is 9.96. The van der Waals surface area contributed by atoms with Crippen LogP contribution in [0.25, 0.3) is 0 Å². The number of esters is 4. The molecule has 1 aromatic rings. The Morgan fingerprint density at radius 1 is 0.947 bits per heavy atom. The minimum absolute atomic E-state index is 0.132. The van der Waals surface area contributed by atoms with E-state index in [1.54, 1.807) is 30.3 Å². The van der Waals surface area contributed by atoms with Crippen LogP contribution in [-0.4, -0.2) is 71.2 Å². The van der Waals surface area contributed by atoms with Crippen molar-refractivity contribution in [1.82, 2.24) is 0 Å². The van der Waals surface area contributed by atoms with E-state index in [-0.39, 0.29) is 12.8 Å². The quantitative estimate of drug-likeness (QED) is 0.430. The Hall–Kier alpha value is -2.98. The lowest BCUT2D eigenvalue weighted by Crippen LogP contribution is -2.78. The molecule has 0 radical (unpaired) electrons. The van der Waals surface area contributed by atoms with Gasteiger partial charge in [-0.1, -0.05) is 25.1 Å². The summed E-state index contributed by atoms with van der Waals surface area (Å²) in [7, 11) is 0. The Balaban J connectivity index is 1.95. The van der Waals surface area contributed by atoms with Crippen LogP contribution in [0.5, 0.6) is 0 Å². The van der Waals surface area contributed by atoms with Crippen LogP contribution < -0.4 is 0 Å². The van der Waals surface area contributed by atoms with Crippen LogP contribution in [-0.2, 0) is 38.1 Å². The van der Waals surface area contributed by atoms with Gasteiger partial charge in [-0.2, -0.15) is 0 Å². The number of aliphatic hydroxyl groups is 1. The van der Waals surface area contributed by atoms with E-state index in [0.29, 0.717) is 5.56 Å². The fraction of sp³-hybridized carbons (Fsp3) is 0.643. The Labute approximate surface area is 221 Å². The standard InChI is InChI=1S/C28H36O10/c1-15-12-21(35-17(3)30)24(36-18(4)31)27(14-34-16(2)29)22(37-25(33)19-10-8-7-9-11-19)13-20-23(32)28(15,27)38-26(20,5)6/h7-11,15,20-24,32H,12-14H2,1-6H3/t15-,20-,21+,22+,23-,24+,27-,28-/m1/s1. The van der Waals surface area contributed by atoms with E-state index in [4.69, 9.17) is 23.7 Å². The van der Waals surface area contributed by atoms with Gasteiger partial charge >= 0.3 is 23.9 Å². The maximum absolute atomic E-state index is 13.4. The number of carbonyl (C=O) groups excluding carboxylic acids is 4. The highest BCUT2D eigenvalue weighted by molar-refractivity contribution is 5.89. The van der Waals surface area contributed by atoms with Gasteiger partial charge in [0.1, 0.15) is 29.8 Å². The van der Waals surface area contributed by atoms with Gasteiger partial charge < -0.3 is 28.8 Å². The monoisotopic (exact) mass is 532 g/mol. The van der Waals surface area contributed by atoms with Crippen LogP contribution in [0.2, 0.25) is 0 Å². The first-order valence-corrected chi connectivity index (χ1v) is 12.9. The highest BCUT2D eigenvalue weighted by atomic mass is 16.6. The molecule has 1 spiro atoms. The summed E-state index contributed by atoms with van der Waals surface area (Å²) < 4.78 is 30.0. The molecule has 0 amide bonds. The van der Waals surface area contributed by atoms with E-state index in [1.165, 1.54) is 20.8 Å². The Bertz CT molecular complexity index is 1100. The first kappa shape index (κ1) is 28.0. The molecule has 0 unspecified atom stereocenters. The molecule has 2 bridgehead atoms. The molecule has 1 heterocycles. The minimum atomic E-state index is -1.60. The van der Waals surface area contributed by atoms with E-state index in [1.807, 2.05) is 20.8 Å². The minimum Gasteiger partial charge on any atom is -0.465 e. The predicted molar refractivity (Wildman–Crippen MR) is 132 cm³/mol. The van der Waals surface area contributed by atoms with Crippen molar-refractivity contribution < 1.29 is 48.0 Å². The van der Waals surface area contributed by atoms with Gasteiger partial charge in [0.25, 0.3) is 0 Å². The molecular formula is C28H36O10. The Kier molecular flexibility index (Phi) is 7.35. The van der Waals surface area contributed by atoms with Crippen LogP contribution in [0.15, 0.2) is 30.3 Å². The van der Waals surface area contributed by atoms with Gasteiger partial charge in [0, 0.05) is 26.7 Å². The van der Waals surface area contributed by atoms with Crippen LogP contribution in [0.4, 0.5) is 0 Å². The Morgan fingerprint density at radius 2 is 1.58 bits per heavy atom. The SMILES string of the molecule is CC(=O)OC[C@]12[C@@H](OC(=O)c3ccccc3)C[C@@H]3[C@@H](O)[C@]1(OC3(C)C)[C@H](C)C[C@H](OC(C)=O)[C@@H]2OC(C)=O. The number of hydrogen-bond acceptors (Lipinski definition) is 10. The molecule has 3 fully saturated rings. The normalized spacial score (nSPS) is 36.9. The number of carbonyl (C=O) groups is 4. The zero-order valence-corrected chi connectivity index (χ0v) is 22.6. The van der Waals surface area contributed by atoms with Crippen molar-refractivity contribution in [2.75, 3.05) is 6.61 Å². The zero-order valence-electron chi connectivity index (χ0n) is 22.6. The van der Waals surface area contributed by atoms with Crippen molar-refractivity contribution in [3.05, 3.63) is 35.9 Å². The number of hydrogen-bond donors (Lipinski definition) is 1. The number of aliphatic hydroxyl groups excluding tert-OH is 1. The molecule has 38 heavy (non-hydrogen) atoms. The van der Waals surface area contributed by atoms with Gasteiger partial charge in [-0.15, -0.1) is 0 Å². The van der Waals surface area contributed by atoms with Crippen LogP contribution >= 0.6 is 0 Å². The van der Waals surface area contributed by atoms with E-state index >= 15 is 0 Å². The van der Waals surface area contributed by atoms with Gasteiger partial charge in [0.2, 0.25) is 0 Å². The van der Waals surface area contributed by atoms with Crippen molar-refractivity contribution in [1.29, 1.82) is 0 Å². The van der Waals surface area contributed by atoms with Crippen molar-refractivity contribution >= 4 is 23.9 Å². The van der Waals surface area contributed by atoms with E-state index in [0.717, 1.165) is 0 Å². The maximum atomic E-state index is 13.4. The van der Waals surface area contributed by atoms with E-state index < -0.39 is 83.4 Å². The fourth-order valence-corrected chi connectivity index (χ4v) is 7.08. The largest absolute Gasteiger partial charge is 0.465 e. The third-order valence-electron chi connectivity index (χ3n) is 8.46. The number of ether oxygens (including phenoxy) is 5. The van der Waals surface area contributed by atoms with Crippen molar-refractivity contribution in [2.45, 2.75) is 90.0 Å². The molecule has 3 aliphatic rings. The molecule has 10 heteroatoms.